The number of halogens is 1. The molecule has 1 aromatic heterocycles. The zero-order valence-corrected chi connectivity index (χ0v) is 13.3. The number of alkyl halides is 1. The van der Waals surface area contributed by atoms with Gasteiger partial charge < -0.3 is 9.64 Å². The van der Waals surface area contributed by atoms with Crippen molar-refractivity contribution in [3.63, 3.8) is 0 Å². The molecule has 1 atom stereocenters. The van der Waals surface area contributed by atoms with Gasteiger partial charge in [0.2, 0.25) is 11.8 Å². The molecule has 0 N–H and O–H groups in total. The van der Waals surface area contributed by atoms with E-state index in [1.54, 1.807) is 6.20 Å². The quantitative estimate of drug-likeness (QED) is 0.777. The summed E-state index contributed by atoms with van der Waals surface area (Å²) in [6, 6.07) is 2.37. The van der Waals surface area contributed by atoms with Crippen LogP contribution in [0.1, 0.15) is 39.5 Å². The molecule has 0 aliphatic carbocycles. The summed E-state index contributed by atoms with van der Waals surface area (Å²) in [7, 11) is 0. The topological polar surface area (TPSA) is 38.2 Å². The van der Waals surface area contributed by atoms with Crippen LogP contribution in [0.25, 0.3) is 0 Å². The van der Waals surface area contributed by atoms with E-state index in [-0.39, 0.29) is 6.10 Å². The maximum absolute atomic E-state index is 5.65. The van der Waals surface area contributed by atoms with Gasteiger partial charge in [-0.25, -0.2) is 4.98 Å². The van der Waals surface area contributed by atoms with E-state index < -0.39 is 0 Å². The van der Waals surface area contributed by atoms with E-state index in [1.807, 2.05) is 19.9 Å². The SMILES string of the molecule is CC(C)Oc1ccnc(N2CCCCC2CCBr)n1. The van der Waals surface area contributed by atoms with Crippen LogP contribution < -0.4 is 9.64 Å². The molecule has 1 unspecified atom stereocenters. The van der Waals surface area contributed by atoms with E-state index in [4.69, 9.17) is 4.74 Å². The van der Waals surface area contributed by atoms with Gasteiger partial charge in [-0.2, -0.15) is 4.98 Å². The summed E-state index contributed by atoms with van der Waals surface area (Å²) in [5, 5.41) is 1.02. The molecule has 1 fully saturated rings. The normalized spacial score (nSPS) is 19.8. The van der Waals surface area contributed by atoms with Crippen molar-refractivity contribution in [1.82, 2.24) is 9.97 Å². The zero-order valence-electron chi connectivity index (χ0n) is 11.7. The fourth-order valence-electron chi connectivity index (χ4n) is 2.47. The van der Waals surface area contributed by atoms with E-state index in [1.165, 1.54) is 19.3 Å². The fraction of sp³-hybridized carbons (Fsp3) is 0.714. The van der Waals surface area contributed by atoms with Crippen LogP contribution in [0.5, 0.6) is 5.88 Å². The van der Waals surface area contributed by atoms with Crippen molar-refractivity contribution in [2.24, 2.45) is 0 Å². The molecule has 0 radical (unpaired) electrons. The second kappa shape index (κ2) is 7.08. The van der Waals surface area contributed by atoms with Crippen molar-refractivity contribution in [1.29, 1.82) is 0 Å². The molecular formula is C14H22BrN3O. The maximum atomic E-state index is 5.65. The number of piperidine rings is 1. The Morgan fingerprint density at radius 3 is 3.05 bits per heavy atom. The van der Waals surface area contributed by atoms with Crippen molar-refractivity contribution < 1.29 is 4.74 Å². The third kappa shape index (κ3) is 4.06. The minimum Gasteiger partial charge on any atom is -0.475 e. The molecule has 0 spiro atoms. The molecule has 1 saturated heterocycles. The van der Waals surface area contributed by atoms with Crippen LogP contribution in [0.15, 0.2) is 12.3 Å². The molecule has 0 bridgehead atoms. The van der Waals surface area contributed by atoms with Crippen molar-refractivity contribution in [2.45, 2.75) is 51.7 Å². The Kier molecular flexibility index (Phi) is 5.43. The van der Waals surface area contributed by atoms with Gasteiger partial charge >= 0.3 is 0 Å². The Morgan fingerprint density at radius 1 is 1.47 bits per heavy atom. The highest BCUT2D eigenvalue weighted by molar-refractivity contribution is 9.09. The van der Waals surface area contributed by atoms with Crippen molar-refractivity contribution in [3.05, 3.63) is 12.3 Å². The van der Waals surface area contributed by atoms with Gasteiger partial charge in [0, 0.05) is 30.2 Å². The van der Waals surface area contributed by atoms with Gasteiger partial charge in [-0.3, -0.25) is 0 Å². The summed E-state index contributed by atoms with van der Waals surface area (Å²) in [6.07, 6.45) is 6.82. The Hall–Kier alpha value is -0.840. The van der Waals surface area contributed by atoms with Crippen LogP contribution in [0.2, 0.25) is 0 Å². The van der Waals surface area contributed by atoms with Crippen LogP contribution >= 0.6 is 15.9 Å². The molecule has 2 heterocycles. The average Bonchev–Trinajstić information content (AvgIpc) is 2.39. The summed E-state index contributed by atoms with van der Waals surface area (Å²) in [4.78, 5) is 11.3. The lowest BCUT2D eigenvalue weighted by atomic mass is 10.0. The zero-order chi connectivity index (χ0) is 13.7. The molecule has 0 aromatic carbocycles. The predicted molar refractivity (Wildman–Crippen MR) is 81.2 cm³/mol. The smallest absolute Gasteiger partial charge is 0.228 e. The lowest BCUT2D eigenvalue weighted by Crippen LogP contribution is -2.40. The summed E-state index contributed by atoms with van der Waals surface area (Å²) >= 11 is 3.54. The summed E-state index contributed by atoms with van der Waals surface area (Å²) in [6.45, 7) is 5.06. The van der Waals surface area contributed by atoms with Gasteiger partial charge in [-0.1, -0.05) is 15.9 Å². The van der Waals surface area contributed by atoms with Gasteiger partial charge in [0.25, 0.3) is 0 Å². The van der Waals surface area contributed by atoms with E-state index in [0.29, 0.717) is 11.9 Å². The Balaban J connectivity index is 2.14. The largest absolute Gasteiger partial charge is 0.475 e. The molecule has 1 aliphatic rings. The fourth-order valence-corrected chi connectivity index (χ4v) is 3.00. The first-order chi connectivity index (χ1) is 9.20. The van der Waals surface area contributed by atoms with E-state index >= 15 is 0 Å². The highest BCUT2D eigenvalue weighted by atomic mass is 79.9. The number of rotatable bonds is 5. The van der Waals surface area contributed by atoms with Crippen LogP contribution in [-0.4, -0.2) is 34.0 Å². The van der Waals surface area contributed by atoms with Gasteiger partial charge in [0.05, 0.1) is 6.10 Å². The third-order valence-corrected chi connectivity index (χ3v) is 3.76. The minimum absolute atomic E-state index is 0.141. The molecule has 106 valence electrons. The molecule has 4 nitrogen and oxygen atoms in total. The van der Waals surface area contributed by atoms with Crippen LogP contribution in [0.3, 0.4) is 0 Å². The molecule has 1 aliphatic heterocycles. The third-order valence-electron chi connectivity index (χ3n) is 3.30. The molecule has 0 saturated carbocycles. The predicted octanol–water partition coefficient (Wildman–Crippen LogP) is 3.41. The summed E-state index contributed by atoms with van der Waals surface area (Å²) < 4.78 is 5.65. The minimum atomic E-state index is 0.141. The number of aromatic nitrogens is 2. The van der Waals surface area contributed by atoms with Gasteiger partial charge in [-0.15, -0.1) is 0 Å². The Morgan fingerprint density at radius 2 is 2.32 bits per heavy atom. The Bertz CT molecular complexity index is 398. The number of anilines is 1. The van der Waals surface area contributed by atoms with Gasteiger partial charge in [0.1, 0.15) is 0 Å². The van der Waals surface area contributed by atoms with Crippen LogP contribution in [0, 0.1) is 0 Å². The van der Waals surface area contributed by atoms with Gasteiger partial charge in [0.15, 0.2) is 0 Å². The number of nitrogens with zero attached hydrogens (tertiary/aromatic N) is 3. The second-order valence-electron chi connectivity index (χ2n) is 5.18. The van der Waals surface area contributed by atoms with Gasteiger partial charge in [-0.05, 0) is 39.5 Å². The molecule has 2 rings (SSSR count). The molecule has 5 heteroatoms. The molecule has 19 heavy (non-hydrogen) atoms. The average molecular weight is 328 g/mol. The lowest BCUT2D eigenvalue weighted by Gasteiger charge is -2.35. The van der Waals surface area contributed by atoms with E-state index in [9.17, 15) is 0 Å². The summed E-state index contributed by atoms with van der Waals surface area (Å²) in [5.41, 5.74) is 0. The number of ether oxygens (including phenoxy) is 1. The lowest BCUT2D eigenvalue weighted by molar-refractivity contribution is 0.232. The first-order valence-electron chi connectivity index (χ1n) is 7.03. The summed E-state index contributed by atoms with van der Waals surface area (Å²) in [5.74, 6) is 1.48. The first kappa shape index (κ1) is 14.6. The molecule has 1 aromatic rings. The highest BCUT2D eigenvalue weighted by Crippen LogP contribution is 2.25. The number of hydrogen-bond acceptors (Lipinski definition) is 4. The monoisotopic (exact) mass is 327 g/mol. The van der Waals surface area contributed by atoms with Crippen LogP contribution in [0.4, 0.5) is 5.95 Å². The van der Waals surface area contributed by atoms with Crippen LogP contribution in [-0.2, 0) is 0 Å². The first-order valence-corrected chi connectivity index (χ1v) is 8.15. The molecular weight excluding hydrogens is 306 g/mol. The standard InChI is InChI=1S/C14H22BrN3O/c1-11(2)19-13-7-9-16-14(17-13)18-10-4-3-5-12(18)6-8-15/h7,9,11-12H,3-6,8,10H2,1-2H3. The van der Waals surface area contributed by atoms with Crippen molar-refractivity contribution >= 4 is 21.9 Å². The highest BCUT2D eigenvalue weighted by Gasteiger charge is 2.24. The van der Waals surface area contributed by atoms with Crippen molar-refractivity contribution in [2.75, 3.05) is 16.8 Å². The number of hydrogen-bond donors (Lipinski definition) is 0. The van der Waals surface area contributed by atoms with E-state index in [0.717, 1.165) is 24.2 Å². The van der Waals surface area contributed by atoms with Crippen molar-refractivity contribution in [3.8, 4) is 5.88 Å². The Labute approximate surface area is 123 Å². The maximum Gasteiger partial charge on any atom is 0.228 e. The molecule has 0 amide bonds. The second-order valence-corrected chi connectivity index (χ2v) is 5.98. The van der Waals surface area contributed by atoms with E-state index in [2.05, 4.69) is 30.8 Å².